The first-order valence-electron chi connectivity index (χ1n) is 10.7. The number of likely N-dealkylation sites (tertiary alicyclic amines) is 1. The molecule has 0 amide bonds. The van der Waals surface area contributed by atoms with Gasteiger partial charge in [-0.3, -0.25) is 0 Å². The Hall–Kier alpha value is -1.95. The summed E-state index contributed by atoms with van der Waals surface area (Å²) in [7, 11) is 1.94. The van der Waals surface area contributed by atoms with Crippen LogP contribution in [0.3, 0.4) is 0 Å². The van der Waals surface area contributed by atoms with Gasteiger partial charge in [-0.15, -0.1) is 10.2 Å². The molecule has 1 fully saturated rings. The number of aromatic nitrogens is 4. The normalized spacial score (nSPS) is 26.2. The third kappa shape index (κ3) is 4.07. The van der Waals surface area contributed by atoms with E-state index in [1.807, 2.05) is 11.6 Å². The molecular formula is C22H33N5O. The van der Waals surface area contributed by atoms with Crippen LogP contribution >= 0.6 is 0 Å². The second-order valence-corrected chi connectivity index (χ2v) is 9.02. The van der Waals surface area contributed by atoms with E-state index in [-0.39, 0.29) is 0 Å². The molecule has 1 aliphatic carbocycles. The van der Waals surface area contributed by atoms with Crippen LogP contribution in [0.4, 0.5) is 0 Å². The Kier molecular flexibility index (Phi) is 5.67. The minimum atomic E-state index is 0.488. The SMILES string of the molecule is CC1=C[C@@H](CN2CCCC2)[C@H](C(C)C)C[C@H]1Cc1nnc(-c2cncn2C)o1. The zero-order valence-corrected chi connectivity index (χ0v) is 17.6. The molecular weight excluding hydrogens is 350 g/mol. The highest BCUT2D eigenvalue weighted by molar-refractivity contribution is 5.44. The van der Waals surface area contributed by atoms with Gasteiger partial charge in [-0.1, -0.05) is 25.5 Å². The summed E-state index contributed by atoms with van der Waals surface area (Å²) in [6, 6.07) is 0. The molecule has 2 aromatic rings. The van der Waals surface area contributed by atoms with Gasteiger partial charge in [0.05, 0.1) is 12.5 Å². The van der Waals surface area contributed by atoms with Crippen molar-refractivity contribution in [1.29, 1.82) is 0 Å². The van der Waals surface area contributed by atoms with Gasteiger partial charge in [0.25, 0.3) is 5.89 Å². The van der Waals surface area contributed by atoms with E-state index in [1.54, 1.807) is 12.5 Å². The summed E-state index contributed by atoms with van der Waals surface area (Å²) >= 11 is 0. The topological polar surface area (TPSA) is 60.0 Å². The average Bonchev–Trinajstić information content (AvgIpc) is 3.39. The van der Waals surface area contributed by atoms with Crippen molar-refractivity contribution in [2.24, 2.45) is 30.7 Å². The molecule has 28 heavy (non-hydrogen) atoms. The largest absolute Gasteiger partial charge is 0.419 e. The molecule has 3 heterocycles. The van der Waals surface area contributed by atoms with E-state index in [9.17, 15) is 0 Å². The molecule has 1 aliphatic heterocycles. The Morgan fingerprint density at radius 2 is 2.00 bits per heavy atom. The lowest BCUT2D eigenvalue weighted by Gasteiger charge is -2.38. The van der Waals surface area contributed by atoms with Gasteiger partial charge < -0.3 is 13.9 Å². The van der Waals surface area contributed by atoms with E-state index in [2.05, 4.69) is 46.9 Å². The first-order chi connectivity index (χ1) is 13.5. The lowest BCUT2D eigenvalue weighted by molar-refractivity contribution is 0.175. The smallest absolute Gasteiger partial charge is 0.265 e. The van der Waals surface area contributed by atoms with Crippen LogP contribution < -0.4 is 0 Å². The molecule has 0 spiro atoms. The molecule has 0 N–H and O–H groups in total. The molecule has 6 heteroatoms. The number of nitrogens with zero attached hydrogens (tertiary/aromatic N) is 5. The van der Waals surface area contributed by atoms with Crippen LogP contribution in [0.5, 0.6) is 0 Å². The summed E-state index contributed by atoms with van der Waals surface area (Å²) in [5.74, 6) is 3.85. The number of imidazole rings is 1. The fourth-order valence-electron chi connectivity index (χ4n) is 4.96. The van der Waals surface area contributed by atoms with Crippen LogP contribution in [0.2, 0.25) is 0 Å². The van der Waals surface area contributed by atoms with E-state index in [4.69, 9.17) is 4.42 Å². The Bertz CT molecular complexity index is 815. The molecule has 6 nitrogen and oxygen atoms in total. The highest BCUT2D eigenvalue weighted by Gasteiger charge is 2.33. The number of rotatable bonds is 6. The van der Waals surface area contributed by atoms with Crippen molar-refractivity contribution in [2.75, 3.05) is 19.6 Å². The lowest BCUT2D eigenvalue weighted by Crippen LogP contribution is -2.36. The van der Waals surface area contributed by atoms with Crippen molar-refractivity contribution in [3.63, 3.8) is 0 Å². The number of hydrogen-bond acceptors (Lipinski definition) is 5. The van der Waals surface area contributed by atoms with Crippen LogP contribution in [0, 0.1) is 23.7 Å². The lowest BCUT2D eigenvalue weighted by atomic mass is 9.69. The highest BCUT2D eigenvalue weighted by atomic mass is 16.4. The summed E-state index contributed by atoms with van der Waals surface area (Å²) in [6.07, 6.45) is 10.8. The Balaban J connectivity index is 1.47. The van der Waals surface area contributed by atoms with Gasteiger partial charge >= 0.3 is 0 Å². The van der Waals surface area contributed by atoms with Crippen LogP contribution in [-0.2, 0) is 13.5 Å². The number of allylic oxidation sites excluding steroid dienone is 1. The summed E-state index contributed by atoms with van der Waals surface area (Å²) < 4.78 is 7.88. The van der Waals surface area contributed by atoms with Gasteiger partial charge in [-0.05, 0) is 62.9 Å². The molecule has 0 aromatic carbocycles. The maximum atomic E-state index is 5.97. The fraction of sp³-hybridized carbons (Fsp3) is 0.682. The summed E-state index contributed by atoms with van der Waals surface area (Å²) in [5, 5.41) is 8.56. The fourth-order valence-corrected chi connectivity index (χ4v) is 4.96. The van der Waals surface area contributed by atoms with E-state index < -0.39 is 0 Å². The van der Waals surface area contributed by atoms with Crippen molar-refractivity contribution in [1.82, 2.24) is 24.6 Å². The van der Waals surface area contributed by atoms with E-state index in [1.165, 1.54) is 44.5 Å². The Morgan fingerprint density at radius 1 is 1.21 bits per heavy atom. The van der Waals surface area contributed by atoms with Gasteiger partial charge in [-0.2, -0.15) is 0 Å². The van der Waals surface area contributed by atoms with Gasteiger partial charge in [0, 0.05) is 20.0 Å². The van der Waals surface area contributed by atoms with Crippen LogP contribution in [-0.4, -0.2) is 44.3 Å². The zero-order chi connectivity index (χ0) is 19.7. The average molecular weight is 384 g/mol. The molecule has 4 rings (SSSR count). The molecule has 2 aromatic heterocycles. The van der Waals surface area contributed by atoms with Gasteiger partial charge in [0.2, 0.25) is 5.89 Å². The molecule has 152 valence electrons. The molecule has 0 radical (unpaired) electrons. The molecule has 0 bridgehead atoms. The maximum absolute atomic E-state index is 5.97. The molecule has 0 unspecified atom stereocenters. The van der Waals surface area contributed by atoms with Crippen LogP contribution in [0.1, 0.15) is 45.9 Å². The Labute approximate surface area is 168 Å². The molecule has 2 aliphatic rings. The van der Waals surface area contributed by atoms with E-state index in [0.29, 0.717) is 29.6 Å². The van der Waals surface area contributed by atoms with Crippen molar-refractivity contribution >= 4 is 0 Å². The summed E-state index contributed by atoms with van der Waals surface area (Å²) in [6.45, 7) is 10.8. The maximum Gasteiger partial charge on any atom is 0.265 e. The van der Waals surface area contributed by atoms with E-state index >= 15 is 0 Å². The van der Waals surface area contributed by atoms with Crippen molar-refractivity contribution in [3.8, 4) is 11.6 Å². The number of aryl methyl sites for hydroxylation is 1. The third-order valence-corrected chi connectivity index (χ3v) is 6.68. The van der Waals surface area contributed by atoms with E-state index in [0.717, 1.165) is 18.0 Å². The minimum absolute atomic E-state index is 0.488. The predicted molar refractivity (Wildman–Crippen MR) is 110 cm³/mol. The second-order valence-electron chi connectivity index (χ2n) is 9.02. The first-order valence-corrected chi connectivity index (χ1v) is 10.7. The first kappa shape index (κ1) is 19.4. The van der Waals surface area contributed by atoms with Gasteiger partial charge in [-0.25, -0.2) is 4.98 Å². The van der Waals surface area contributed by atoms with Crippen molar-refractivity contribution in [3.05, 3.63) is 30.1 Å². The van der Waals surface area contributed by atoms with Crippen LogP contribution in [0.15, 0.2) is 28.6 Å². The quantitative estimate of drug-likeness (QED) is 0.707. The van der Waals surface area contributed by atoms with Gasteiger partial charge in [0.15, 0.2) is 0 Å². The highest BCUT2D eigenvalue weighted by Crippen LogP contribution is 2.39. The molecule has 0 saturated carbocycles. The second kappa shape index (κ2) is 8.19. The third-order valence-electron chi connectivity index (χ3n) is 6.68. The zero-order valence-electron chi connectivity index (χ0n) is 17.6. The summed E-state index contributed by atoms with van der Waals surface area (Å²) in [5.41, 5.74) is 2.35. The van der Waals surface area contributed by atoms with Crippen molar-refractivity contribution in [2.45, 2.75) is 46.5 Å². The van der Waals surface area contributed by atoms with Crippen LogP contribution in [0.25, 0.3) is 11.6 Å². The minimum Gasteiger partial charge on any atom is -0.419 e. The van der Waals surface area contributed by atoms with Crippen molar-refractivity contribution < 1.29 is 4.42 Å². The molecule has 1 saturated heterocycles. The summed E-state index contributed by atoms with van der Waals surface area (Å²) in [4.78, 5) is 6.79. The standard InChI is InChI=1S/C22H33N5O/c1-15(2)19-10-17(16(3)9-18(19)13-27-7-5-6-8-27)11-21-24-25-22(28-21)20-12-23-14-26(20)4/h9,12,14-15,17-19H,5-8,10-11,13H2,1-4H3/t17-,18-,19-/m0/s1. The Morgan fingerprint density at radius 3 is 2.68 bits per heavy atom. The monoisotopic (exact) mass is 383 g/mol. The molecule has 3 atom stereocenters. The predicted octanol–water partition coefficient (Wildman–Crippen LogP) is 3.96. The number of hydrogen-bond donors (Lipinski definition) is 0. The van der Waals surface area contributed by atoms with Gasteiger partial charge in [0.1, 0.15) is 5.69 Å².